The Labute approximate surface area is 104 Å². The van der Waals surface area contributed by atoms with Crippen LogP contribution in [0.2, 0.25) is 0 Å². The highest BCUT2D eigenvalue weighted by Crippen LogP contribution is 2.47. The third-order valence-electron chi connectivity index (χ3n) is 3.02. The van der Waals surface area contributed by atoms with Crippen molar-refractivity contribution in [2.75, 3.05) is 0 Å². The average Bonchev–Trinajstić information content (AvgIpc) is 3.08. The predicted molar refractivity (Wildman–Crippen MR) is 61.8 cm³/mol. The first-order valence-corrected chi connectivity index (χ1v) is 5.72. The van der Waals surface area contributed by atoms with Gasteiger partial charge in [-0.25, -0.2) is 0 Å². The lowest BCUT2D eigenvalue weighted by Crippen LogP contribution is -2.46. The quantitative estimate of drug-likeness (QED) is 0.764. The molecule has 1 unspecified atom stereocenters. The molecular weight excluding hydrogens is 241 g/mol. The first-order chi connectivity index (χ1) is 8.33. The molecule has 0 spiro atoms. The highest BCUT2D eigenvalue weighted by atomic mass is 19.4. The van der Waals surface area contributed by atoms with E-state index >= 15 is 0 Å². The number of hydrogen-bond donors (Lipinski definition) is 1. The van der Waals surface area contributed by atoms with Crippen LogP contribution in [0.25, 0.3) is 0 Å². The van der Waals surface area contributed by atoms with Gasteiger partial charge in [-0.1, -0.05) is 24.0 Å². The van der Waals surface area contributed by atoms with Crippen LogP contribution in [0.5, 0.6) is 0 Å². The van der Waals surface area contributed by atoms with Gasteiger partial charge in [0.25, 0.3) is 0 Å². The van der Waals surface area contributed by atoms with E-state index in [1.165, 1.54) is 0 Å². The molecular formula is C14H13F3O. The zero-order valence-corrected chi connectivity index (χ0v) is 9.88. The van der Waals surface area contributed by atoms with Crippen molar-refractivity contribution in [2.45, 2.75) is 31.5 Å². The molecule has 96 valence electrons. The second-order valence-corrected chi connectivity index (χ2v) is 4.66. The highest BCUT2D eigenvalue weighted by molar-refractivity contribution is 5.39. The lowest BCUT2D eigenvalue weighted by Gasteiger charge is -2.24. The molecule has 1 aliphatic rings. The van der Waals surface area contributed by atoms with E-state index in [1.54, 1.807) is 18.2 Å². The van der Waals surface area contributed by atoms with Crippen LogP contribution in [0.4, 0.5) is 13.2 Å². The van der Waals surface area contributed by atoms with E-state index in [0.29, 0.717) is 18.4 Å². The fourth-order valence-electron chi connectivity index (χ4n) is 1.80. The molecule has 1 atom stereocenters. The molecule has 0 radical (unpaired) electrons. The largest absolute Gasteiger partial charge is 0.428 e. The van der Waals surface area contributed by atoms with E-state index in [0.717, 1.165) is 5.56 Å². The molecule has 0 heterocycles. The Morgan fingerprint density at radius 3 is 2.44 bits per heavy atom. The van der Waals surface area contributed by atoms with Gasteiger partial charge >= 0.3 is 6.18 Å². The lowest BCUT2D eigenvalue weighted by molar-refractivity contribution is -0.242. The van der Waals surface area contributed by atoms with Gasteiger partial charge in [-0.05, 0) is 37.5 Å². The van der Waals surface area contributed by atoms with Crippen molar-refractivity contribution in [1.29, 1.82) is 0 Å². The van der Waals surface area contributed by atoms with Crippen LogP contribution in [0, 0.1) is 24.7 Å². The predicted octanol–water partition coefficient (Wildman–Crippen LogP) is 3.05. The van der Waals surface area contributed by atoms with Crippen LogP contribution >= 0.6 is 0 Å². The van der Waals surface area contributed by atoms with Gasteiger partial charge in [0, 0.05) is 11.5 Å². The first kappa shape index (κ1) is 13.0. The molecule has 18 heavy (non-hydrogen) atoms. The first-order valence-electron chi connectivity index (χ1n) is 5.72. The van der Waals surface area contributed by atoms with Crippen LogP contribution < -0.4 is 0 Å². The third-order valence-corrected chi connectivity index (χ3v) is 3.02. The smallest absolute Gasteiger partial charge is 0.369 e. The number of halogens is 3. The van der Waals surface area contributed by atoms with E-state index in [9.17, 15) is 18.3 Å². The van der Waals surface area contributed by atoms with Gasteiger partial charge < -0.3 is 5.11 Å². The normalized spacial score (nSPS) is 18.7. The summed E-state index contributed by atoms with van der Waals surface area (Å²) < 4.78 is 38.5. The molecule has 4 heteroatoms. The molecule has 1 nitrogen and oxygen atoms in total. The molecule has 1 aromatic carbocycles. The zero-order valence-electron chi connectivity index (χ0n) is 9.88. The summed E-state index contributed by atoms with van der Waals surface area (Å²) in [6.45, 7) is 1.84. The van der Waals surface area contributed by atoms with Gasteiger partial charge in [0.15, 0.2) is 0 Å². The third kappa shape index (κ3) is 2.51. The van der Waals surface area contributed by atoms with Crippen LogP contribution in [0.3, 0.4) is 0 Å². The van der Waals surface area contributed by atoms with Crippen LogP contribution in [0.1, 0.15) is 24.0 Å². The Bertz CT molecular complexity index is 506. The Hall–Kier alpha value is -1.47. The van der Waals surface area contributed by atoms with Gasteiger partial charge in [-0.15, -0.1) is 0 Å². The van der Waals surface area contributed by atoms with Crippen LogP contribution in [0.15, 0.2) is 24.3 Å². The van der Waals surface area contributed by atoms with Gasteiger partial charge in [-0.3, -0.25) is 0 Å². The second kappa shape index (κ2) is 4.33. The van der Waals surface area contributed by atoms with Crippen molar-refractivity contribution >= 4 is 0 Å². The van der Waals surface area contributed by atoms with Crippen molar-refractivity contribution in [2.24, 2.45) is 5.92 Å². The summed E-state index contributed by atoms with van der Waals surface area (Å²) in [4.78, 5) is 0. The maximum absolute atomic E-state index is 12.8. The fourth-order valence-corrected chi connectivity index (χ4v) is 1.80. The maximum Gasteiger partial charge on any atom is 0.428 e. The van der Waals surface area contributed by atoms with Crippen molar-refractivity contribution in [3.05, 3.63) is 35.4 Å². The zero-order chi connectivity index (χ0) is 13.4. The van der Waals surface area contributed by atoms with Crippen molar-refractivity contribution < 1.29 is 18.3 Å². The number of rotatable bonds is 1. The highest BCUT2D eigenvalue weighted by Gasteiger charge is 2.61. The fraction of sp³-hybridized carbons (Fsp3) is 0.429. The number of benzene rings is 1. The number of alkyl halides is 3. The molecule has 1 saturated carbocycles. The lowest BCUT2D eigenvalue weighted by atomic mass is 9.97. The standard InChI is InChI=1S/C14H13F3O/c1-10-3-2-4-11(9-10)7-8-13(18,12-5-6-12)14(15,16)17/h2-4,9,12,18H,5-6H2,1H3. The van der Waals surface area contributed by atoms with Crippen molar-refractivity contribution in [3.63, 3.8) is 0 Å². The average molecular weight is 254 g/mol. The Morgan fingerprint density at radius 1 is 1.28 bits per heavy atom. The minimum atomic E-state index is -4.70. The summed E-state index contributed by atoms with van der Waals surface area (Å²) in [5.41, 5.74) is -1.46. The summed E-state index contributed by atoms with van der Waals surface area (Å²) in [5, 5.41) is 9.72. The number of hydrogen-bond acceptors (Lipinski definition) is 1. The Kier molecular flexibility index (Phi) is 3.12. The van der Waals surface area contributed by atoms with Gasteiger partial charge in [-0.2, -0.15) is 13.2 Å². The molecule has 1 N–H and O–H groups in total. The number of aliphatic hydroxyl groups is 1. The van der Waals surface area contributed by atoms with Crippen LogP contribution in [-0.4, -0.2) is 16.9 Å². The monoisotopic (exact) mass is 254 g/mol. The molecule has 1 fully saturated rings. The molecule has 1 aromatic rings. The minimum absolute atomic E-state index is 0.374. The molecule has 0 aromatic heterocycles. The molecule has 0 aliphatic heterocycles. The van der Waals surface area contributed by atoms with E-state index in [2.05, 4.69) is 5.92 Å². The summed E-state index contributed by atoms with van der Waals surface area (Å²) >= 11 is 0. The van der Waals surface area contributed by atoms with E-state index in [-0.39, 0.29) is 0 Å². The van der Waals surface area contributed by atoms with Crippen molar-refractivity contribution in [1.82, 2.24) is 0 Å². The Balaban J connectivity index is 2.31. The molecule has 2 rings (SSSR count). The Morgan fingerprint density at radius 2 is 1.94 bits per heavy atom. The van der Waals surface area contributed by atoms with Gasteiger partial charge in [0.1, 0.15) is 0 Å². The molecule has 0 amide bonds. The van der Waals surface area contributed by atoms with Crippen molar-refractivity contribution in [3.8, 4) is 11.8 Å². The summed E-state index contributed by atoms with van der Waals surface area (Å²) in [6, 6.07) is 6.88. The summed E-state index contributed by atoms with van der Waals surface area (Å²) in [5.74, 6) is 3.67. The second-order valence-electron chi connectivity index (χ2n) is 4.66. The summed E-state index contributed by atoms with van der Waals surface area (Å²) in [7, 11) is 0. The van der Waals surface area contributed by atoms with E-state index < -0.39 is 17.7 Å². The van der Waals surface area contributed by atoms with Gasteiger partial charge in [0.2, 0.25) is 5.60 Å². The molecule has 0 bridgehead atoms. The number of aryl methyl sites for hydroxylation is 1. The maximum atomic E-state index is 12.8. The summed E-state index contributed by atoms with van der Waals surface area (Å²) in [6.07, 6.45) is -3.96. The van der Waals surface area contributed by atoms with Crippen LogP contribution in [-0.2, 0) is 0 Å². The van der Waals surface area contributed by atoms with Gasteiger partial charge in [0.05, 0.1) is 0 Å². The molecule has 0 saturated heterocycles. The minimum Gasteiger partial charge on any atom is -0.369 e. The molecule has 1 aliphatic carbocycles. The van der Waals surface area contributed by atoms with E-state index in [4.69, 9.17) is 0 Å². The van der Waals surface area contributed by atoms with E-state index in [1.807, 2.05) is 18.9 Å². The SMILES string of the molecule is Cc1cccc(C#CC(O)(C2CC2)C(F)(F)F)c1. The topological polar surface area (TPSA) is 20.2 Å².